The summed E-state index contributed by atoms with van der Waals surface area (Å²) in [7, 11) is 0. The van der Waals surface area contributed by atoms with Crippen LogP contribution in [0.3, 0.4) is 0 Å². The lowest BCUT2D eigenvalue weighted by molar-refractivity contribution is -0.130. The fourth-order valence-corrected chi connectivity index (χ4v) is 4.32. The second-order valence-electron chi connectivity index (χ2n) is 8.29. The zero-order valence-electron chi connectivity index (χ0n) is 18.6. The highest BCUT2D eigenvalue weighted by molar-refractivity contribution is 5.53. The minimum absolute atomic E-state index is 0.0152. The molecule has 0 heterocycles. The summed E-state index contributed by atoms with van der Waals surface area (Å²) in [5.74, 6) is -1.45. The molecular weight excluding hydrogens is 420 g/mol. The number of hydrogen-bond donors (Lipinski definition) is 0. The van der Waals surface area contributed by atoms with Crippen molar-refractivity contribution in [1.29, 1.82) is 0 Å². The fraction of sp³-hybridized carbons (Fsp3) is 0.462. The summed E-state index contributed by atoms with van der Waals surface area (Å²) in [6, 6.07) is 9.12. The maximum atomic E-state index is 14.2. The van der Waals surface area contributed by atoms with Crippen LogP contribution in [0.25, 0.3) is 6.08 Å². The van der Waals surface area contributed by atoms with Crippen LogP contribution in [0.1, 0.15) is 69.4 Å². The number of benzene rings is 2. The molecule has 0 aliphatic heterocycles. The summed E-state index contributed by atoms with van der Waals surface area (Å²) in [6.45, 7) is 4.01. The van der Waals surface area contributed by atoms with Crippen LogP contribution in [-0.2, 0) is 0 Å². The molecule has 1 fully saturated rings. The van der Waals surface area contributed by atoms with Crippen molar-refractivity contribution in [2.45, 2.75) is 64.4 Å². The molecule has 0 N–H and O–H groups in total. The van der Waals surface area contributed by atoms with Crippen LogP contribution >= 0.6 is 0 Å². The Kier molecular flexibility index (Phi) is 8.21. The Morgan fingerprint density at radius 1 is 0.938 bits per heavy atom. The lowest BCUT2D eigenvalue weighted by Crippen LogP contribution is -2.21. The Bertz CT molecular complexity index is 901. The van der Waals surface area contributed by atoms with Gasteiger partial charge in [0.1, 0.15) is 5.75 Å². The van der Waals surface area contributed by atoms with Crippen molar-refractivity contribution < 1.29 is 27.0 Å². The van der Waals surface area contributed by atoms with E-state index in [9.17, 15) is 17.6 Å². The summed E-state index contributed by atoms with van der Waals surface area (Å²) in [5, 5.41) is 0. The summed E-state index contributed by atoms with van der Waals surface area (Å²) in [4.78, 5) is 0. The third-order valence-electron chi connectivity index (χ3n) is 5.98. The predicted molar refractivity (Wildman–Crippen MR) is 118 cm³/mol. The van der Waals surface area contributed by atoms with Crippen LogP contribution in [0.4, 0.5) is 17.6 Å². The topological polar surface area (TPSA) is 18.5 Å². The Labute approximate surface area is 187 Å². The van der Waals surface area contributed by atoms with E-state index >= 15 is 0 Å². The summed E-state index contributed by atoms with van der Waals surface area (Å²) >= 11 is 0. The quantitative estimate of drug-likeness (QED) is 0.359. The van der Waals surface area contributed by atoms with Crippen LogP contribution in [0.5, 0.6) is 11.5 Å². The molecule has 2 nitrogen and oxygen atoms in total. The van der Waals surface area contributed by atoms with Crippen molar-refractivity contribution in [1.82, 2.24) is 0 Å². The molecule has 1 aliphatic carbocycles. The molecule has 0 amide bonds. The summed E-state index contributed by atoms with van der Waals surface area (Å²) in [5.41, 5.74) is 0.821. The van der Waals surface area contributed by atoms with Gasteiger partial charge in [-0.25, -0.2) is 4.39 Å². The zero-order chi connectivity index (χ0) is 23.1. The lowest BCUT2D eigenvalue weighted by atomic mass is 9.77. The Balaban J connectivity index is 1.61. The van der Waals surface area contributed by atoms with Gasteiger partial charge in [-0.05, 0) is 80.3 Å². The molecule has 3 rings (SSSR count). The SMILES string of the molecule is CCCC1CCC(c2ccc(OC(F)(F)/C=C/c3ccc(OCC)c(F)c3F)cc2)CC1. The van der Waals surface area contributed by atoms with Crippen molar-refractivity contribution in [3.05, 3.63) is 65.2 Å². The smallest absolute Gasteiger partial charge is 0.419 e. The highest BCUT2D eigenvalue weighted by atomic mass is 19.3. The minimum Gasteiger partial charge on any atom is -0.491 e. The van der Waals surface area contributed by atoms with Crippen molar-refractivity contribution in [2.75, 3.05) is 6.61 Å². The maximum Gasteiger partial charge on any atom is 0.419 e. The predicted octanol–water partition coefficient (Wildman–Crippen LogP) is 8.12. The van der Waals surface area contributed by atoms with Crippen molar-refractivity contribution in [3.63, 3.8) is 0 Å². The normalized spacial score (nSPS) is 19.3. The van der Waals surface area contributed by atoms with Gasteiger partial charge < -0.3 is 9.47 Å². The molecule has 2 aromatic carbocycles. The van der Waals surface area contributed by atoms with Gasteiger partial charge in [-0.3, -0.25) is 0 Å². The van der Waals surface area contributed by atoms with Crippen molar-refractivity contribution in [2.24, 2.45) is 5.92 Å². The van der Waals surface area contributed by atoms with Crippen LogP contribution in [0.15, 0.2) is 42.5 Å². The summed E-state index contributed by atoms with van der Waals surface area (Å²) in [6.07, 6.45) is 4.68. The standard InChI is InChI=1S/C26H30F4O2/c1-3-5-18-6-8-19(9-7-18)20-10-13-22(14-11-20)32-26(29,30)17-16-21-12-15-23(31-4-2)25(28)24(21)27/h10-19H,3-9H2,1-2H3/b17-16+. The monoisotopic (exact) mass is 450 g/mol. The molecule has 1 saturated carbocycles. The van der Waals surface area contributed by atoms with E-state index in [-0.39, 0.29) is 23.7 Å². The van der Waals surface area contributed by atoms with Gasteiger partial charge in [-0.15, -0.1) is 0 Å². The number of alkyl halides is 2. The van der Waals surface area contributed by atoms with Gasteiger partial charge in [-0.1, -0.05) is 31.9 Å². The molecule has 2 aromatic rings. The number of hydrogen-bond acceptors (Lipinski definition) is 2. The van der Waals surface area contributed by atoms with E-state index in [1.54, 1.807) is 6.92 Å². The molecule has 32 heavy (non-hydrogen) atoms. The third-order valence-corrected chi connectivity index (χ3v) is 5.98. The lowest BCUT2D eigenvalue weighted by Gasteiger charge is -2.28. The van der Waals surface area contributed by atoms with Gasteiger partial charge >= 0.3 is 6.11 Å². The highest BCUT2D eigenvalue weighted by Gasteiger charge is 2.28. The van der Waals surface area contributed by atoms with Gasteiger partial charge in [0, 0.05) is 11.6 Å². The first-order valence-corrected chi connectivity index (χ1v) is 11.3. The molecule has 1 aliphatic rings. The minimum atomic E-state index is -3.68. The number of ether oxygens (including phenoxy) is 2. The van der Waals surface area contributed by atoms with Gasteiger partial charge in [-0.2, -0.15) is 13.2 Å². The van der Waals surface area contributed by atoms with E-state index in [0.29, 0.717) is 12.0 Å². The summed E-state index contributed by atoms with van der Waals surface area (Å²) < 4.78 is 66.2. The van der Waals surface area contributed by atoms with Crippen LogP contribution in [-0.4, -0.2) is 12.7 Å². The Morgan fingerprint density at radius 2 is 1.62 bits per heavy atom. The molecule has 0 saturated heterocycles. The average Bonchev–Trinajstić information content (AvgIpc) is 2.78. The Hall–Kier alpha value is -2.50. The van der Waals surface area contributed by atoms with E-state index in [4.69, 9.17) is 9.47 Å². The van der Waals surface area contributed by atoms with Gasteiger partial charge in [0.25, 0.3) is 0 Å². The van der Waals surface area contributed by atoms with E-state index in [0.717, 1.165) is 30.4 Å². The molecule has 174 valence electrons. The van der Waals surface area contributed by atoms with Crippen molar-refractivity contribution >= 4 is 6.08 Å². The van der Waals surface area contributed by atoms with Gasteiger partial charge in [0.15, 0.2) is 11.6 Å². The average molecular weight is 451 g/mol. The fourth-order valence-electron chi connectivity index (χ4n) is 4.32. The van der Waals surface area contributed by atoms with Gasteiger partial charge in [0.2, 0.25) is 5.82 Å². The molecule has 0 unspecified atom stereocenters. The van der Waals surface area contributed by atoms with Crippen LogP contribution in [0, 0.1) is 17.6 Å². The molecule has 6 heteroatoms. The van der Waals surface area contributed by atoms with Crippen LogP contribution in [0.2, 0.25) is 0 Å². The van der Waals surface area contributed by atoms with Crippen LogP contribution < -0.4 is 9.47 Å². The number of rotatable bonds is 9. The van der Waals surface area contributed by atoms with E-state index in [2.05, 4.69) is 6.92 Å². The van der Waals surface area contributed by atoms with E-state index < -0.39 is 17.7 Å². The maximum absolute atomic E-state index is 14.2. The largest absolute Gasteiger partial charge is 0.491 e. The molecule has 0 atom stereocenters. The second kappa shape index (κ2) is 10.9. The first-order valence-electron chi connectivity index (χ1n) is 11.3. The molecule has 0 radical (unpaired) electrons. The molecule has 0 spiro atoms. The van der Waals surface area contributed by atoms with E-state index in [1.165, 1.54) is 49.9 Å². The molecule has 0 aromatic heterocycles. The number of halogens is 4. The first kappa shape index (κ1) is 24.1. The molecular formula is C26H30F4O2. The third kappa shape index (κ3) is 6.27. The molecule has 0 bridgehead atoms. The van der Waals surface area contributed by atoms with Gasteiger partial charge in [0.05, 0.1) is 6.61 Å². The zero-order valence-corrected chi connectivity index (χ0v) is 18.6. The Morgan fingerprint density at radius 3 is 2.25 bits per heavy atom. The van der Waals surface area contributed by atoms with Crippen molar-refractivity contribution in [3.8, 4) is 11.5 Å². The second-order valence-corrected chi connectivity index (χ2v) is 8.29. The van der Waals surface area contributed by atoms with E-state index in [1.807, 2.05) is 12.1 Å². The highest BCUT2D eigenvalue weighted by Crippen LogP contribution is 2.38. The first-order chi connectivity index (χ1) is 15.3.